The molecule has 1 heterocycles. The lowest BCUT2D eigenvalue weighted by Crippen LogP contribution is -2.21. The van der Waals surface area contributed by atoms with E-state index in [2.05, 4.69) is 11.4 Å². The molecule has 3 aromatic carbocycles. The van der Waals surface area contributed by atoms with Gasteiger partial charge in [-0.2, -0.15) is 0 Å². The molecule has 6 nitrogen and oxygen atoms in total. The van der Waals surface area contributed by atoms with Gasteiger partial charge in [-0.3, -0.25) is 4.79 Å². The molecular weight excluding hydrogens is 430 g/mol. The summed E-state index contributed by atoms with van der Waals surface area (Å²) in [6, 6.07) is 19.0. The van der Waals surface area contributed by atoms with Crippen LogP contribution in [0.15, 0.2) is 69.9 Å². The molecule has 0 aliphatic heterocycles. The van der Waals surface area contributed by atoms with E-state index in [0.717, 1.165) is 35.8 Å². The molecule has 172 valence electrons. The van der Waals surface area contributed by atoms with Crippen LogP contribution in [0, 0.1) is 0 Å². The molecule has 0 atom stereocenters. The largest absolute Gasteiger partial charge is 0.494 e. The van der Waals surface area contributed by atoms with E-state index in [1.165, 1.54) is 25.3 Å². The third-order valence-corrected chi connectivity index (χ3v) is 6.31. The molecule has 1 aromatic heterocycles. The highest BCUT2D eigenvalue weighted by atomic mass is 16.5. The Hall–Kier alpha value is -4.06. The summed E-state index contributed by atoms with van der Waals surface area (Å²) in [4.78, 5) is 26.3. The smallest absolute Gasteiger partial charge is 0.340 e. The number of hydrogen-bond donors (Lipinski definition) is 1. The number of para-hydroxylation sites is 1. The number of methoxy groups -OCH3 is 2. The van der Waals surface area contributed by atoms with E-state index in [9.17, 15) is 9.59 Å². The number of benzene rings is 3. The van der Waals surface area contributed by atoms with Crippen LogP contribution in [0.5, 0.6) is 11.5 Å². The molecular formula is C28H25NO5. The Kier molecular flexibility index (Phi) is 5.80. The van der Waals surface area contributed by atoms with E-state index >= 15 is 0 Å². The minimum Gasteiger partial charge on any atom is -0.494 e. The number of nitrogens with one attached hydrogen (secondary N) is 1. The van der Waals surface area contributed by atoms with E-state index in [1.54, 1.807) is 18.2 Å². The van der Waals surface area contributed by atoms with Gasteiger partial charge in [-0.15, -0.1) is 0 Å². The van der Waals surface area contributed by atoms with Crippen molar-refractivity contribution in [3.63, 3.8) is 0 Å². The second kappa shape index (κ2) is 9.06. The zero-order chi connectivity index (χ0) is 23.7. The van der Waals surface area contributed by atoms with Crippen LogP contribution >= 0.6 is 0 Å². The van der Waals surface area contributed by atoms with Crippen molar-refractivity contribution in [1.29, 1.82) is 0 Å². The van der Waals surface area contributed by atoms with E-state index in [-0.39, 0.29) is 12.3 Å². The fourth-order valence-corrected chi connectivity index (χ4v) is 4.72. The van der Waals surface area contributed by atoms with Gasteiger partial charge in [0.25, 0.3) is 0 Å². The topological polar surface area (TPSA) is 77.8 Å². The van der Waals surface area contributed by atoms with Crippen LogP contribution in [0.3, 0.4) is 0 Å². The van der Waals surface area contributed by atoms with E-state index in [1.807, 2.05) is 36.4 Å². The Morgan fingerprint density at radius 3 is 2.29 bits per heavy atom. The predicted octanol–water partition coefficient (Wildman–Crippen LogP) is 5.15. The van der Waals surface area contributed by atoms with Crippen LogP contribution in [0.25, 0.3) is 22.1 Å². The van der Waals surface area contributed by atoms with Crippen LogP contribution in [-0.4, -0.2) is 20.1 Å². The van der Waals surface area contributed by atoms with Gasteiger partial charge in [-0.05, 0) is 60.2 Å². The number of fused-ring (bicyclic) bond motifs is 2. The van der Waals surface area contributed by atoms with Gasteiger partial charge in [0.15, 0.2) is 0 Å². The molecule has 1 aliphatic rings. The van der Waals surface area contributed by atoms with Gasteiger partial charge in [0.2, 0.25) is 5.91 Å². The average molecular weight is 456 g/mol. The van der Waals surface area contributed by atoms with Gasteiger partial charge >= 0.3 is 5.63 Å². The van der Waals surface area contributed by atoms with Gasteiger partial charge in [-0.25, -0.2) is 4.79 Å². The van der Waals surface area contributed by atoms with Crippen molar-refractivity contribution in [2.24, 2.45) is 0 Å². The Balaban J connectivity index is 1.61. The number of aryl methyl sites for hydroxylation is 2. The molecule has 4 aromatic rings. The molecule has 1 N–H and O–H groups in total. The van der Waals surface area contributed by atoms with E-state index < -0.39 is 5.63 Å². The summed E-state index contributed by atoms with van der Waals surface area (Å²) >= 11 is 0. The molecule has 0 unspecified atom stereocenters. The first-order valence-corrected chi connectivity index (χ1v) is 11.3. The number of amides is 1. The maximum Gasteiger partial charge on any atom is 0.340 e. The summed E-state index contributed by atoms with van der Waals surface area (Å²) in [7, 11) is 3.04. The summed E-state index contributed by atoms with van der Waals surface area (Å²) in [5, 5.41) is 3.71. The van der Waals surface area contributed by atoms with Gasteiger partial charge < -0.3 is 19.2 Å². The first-order valence-electron chi connectivity index (χ1n) is 11.3. The Morgan fingerprint density at radius 2 is 1.62 bits per heavy atom. The van der Waals surface area contributed by atoms with Crippen LogP contribution in [0.1, 0.15) is 23.1 Å². The quantitative estimate of drug-likeness (QED) is 0.407. The number of ether oxygens (including phenoxy) is 2. The highest BCUT2D eigenvalue weighted by molar-refractivity contribution is 6.00. The Bertz CT molecular complexity index is 1420. The standard InChI is InChI=1S/C28H25NO5/c1-32-22-12-7-13-23(33-2)27(22)29-25(30)16-21-26(17-8-4-3-5-9-17)20-14-18-10-6-11-19(18)15-24(20)34-28(21)31/h3-5,7-9,12-15H,6,10-11,16H2,1-2H3,(H,29,30). The number of carbonyl (C=O) groups excluding carboxylic acids is 1. The SMILES string of the molecule is COc1cccc(OC)c1NC(=O)Cc1c(-c2ccccc2)c2cc3c(cc2oc1=O)CCC3. The molecule has 0 spiro atoms. The summed E-state index contributed by atoms with van der Waals surface area (Å²) in [5.74, 6) is 0.571. The molecule has 0 fully saturated rings. The lowest BCUT2D eigenvalue weighted by Gasteiger charge is -2.16. The molecule has 6 heteroatoms. The van der Waals surface area contributed by atoms with Crippen LogP contribution in [0.2, 0.25) is 0 Å². The zero-order valence-electron chi connectivity index (χ0n) is 19.1. The van der Waals surface area contributed by atoms with Crippen LogP contribution in [0.4, 0.5) is 5.69 Å². The number of hydrogen-bond acceptors (Lipinski definition) is 5. The molecule has 0 saturated heterocycles. The third kappa shape index (κ3) is 3.92. The minimum absolute atomic E-state index is 0.152. The summed E-state index contributed by atoms with van der Waals surface area (Å²) < 4.78 is 16.5. The van der Waals surface area contributed by atoms with E-state index in [4.69, 9.17) is 13.9 Å². The average Bonchev–Trinajstić information content (AvgIpc) is 3.31. The van der Waals surface area contributed by atoms with Crippen molar-refractivity contribution in [1.82, 2.24) is 0 Å². The molecule has 1 amide bonds. The molecule has 5 rings (SSSR count). The van der Waals surface area contributed by atoms with E-state index in [0.29, 0.717) is 28.3 Å². The van der Waals surface area contributed by atoms with Crippen molar-refractivity contribution in [2.75, 3.05) is 19.5 Å². The van der Waals surface area contributed by atoms with Crippen LogP contribution in [-0.2, 0) is 24.1 Å². The molecule has 34 heavy (non-hydrogen) atoms. The summed E-state index contributed by atoms with van der Waals surface area (Å²) in [6.07, 6.45) is 2.93. The minimum atomic E-state index is -0.508. The number of carbonyl (C=O) groups is 1. The van der Waals surface area contributed by atoms with Gasteiger partial charge in [0.1, 0.15) is 22.8 Å². The van der Waals surface area contributed by atoms with Crippen molar-refractivity contribution in [3.05, 3.63) is 87.8 Å². The molecule has 1 aliphatic carbocycles. The molecule has 0 radical (unpaired) electrons. The molecule has 0 bridgehead atoms. The predicted molar refractivity (Wildman–Crippen MR) is 132 cm³/mol. The van der Waals surface area contributed by atoms with Crippen molar-refractivity contribution in [3.8, 4) is 22.6 Å². The van der Waals surface area contributed by atoms with Crippen molar-refractivity contribution in [2.45, 2.75) is 25.7 Å². The first-order chi connectivity index (χ1) is 16.6. The third-order valence-electron chi connectivity index (χ3n) is 6.31. The highest BCUT2D eigenvalue weighted by Crippen LogP contribution is 2.36. The Labute approximate surface area is 197 Å². The lowest BCUT2D eigenvalue weighted by atomic mass is 9.93. The zero-order valence-corrected chi connectivity index (χ0v) is 19.1. The van der Waals surface area contributed by atoms with Crippen LogP contribution < -0.4 is 20.4 Å². The first kappa shape index (κ1) is 21.8. The number of rotatable bonds is 6. The fourth-order valence-electron chi connectivity index (χ4n) is 4.72. The highest BCUT2D eigenvalue weighted by Gasteiger charge is 2.23. The maximum absolute atomic E-state index is 13.2. The van der Waals surface area contributed by atoms with Crippen molar-refractivity contribution < 1.29 is 18.7 Å². The fraction of sp³-hybridized carbons (Fsp3) is 0.214. The van der Waals surface area contributed by atoms with Gasteiger partial charge in [-0.1, -0.05) is 36.4 Å². The van der Waals surface area contributed by atoms with Crippen molar-refractivity contribution >= 4 is 22.6 Å². The second-order valence-corrected chi connectivity index (χ2v) is 8.34. The normalized spacial score (nSPS) is 12.4. The lowest BCUT2D eigenvalue weighted by molar-refractivity contribution is -0.115. The number of anilines is 1. The second-order valence-electron chi connectivity index (χ2n) is 8.34. The van der Waals surface area contributed by atoms with Gasteiger partial charge in [0.05, 0.1) is 26.2 Å². The van der Waals surface area contributed by atoms with Gasteiger partial charge in [0, 0.05) is 10.9 Å². The summed E-state index contributed by atoms with van der Waals surface area (Å²) in [6.45, 7) is 0. The monoisotopic (exact) mass is 455 g/mol. The summed E-state index contributed by atoms with van der Waals surface area (Å²) in [5.41, 5.74) is 4.90. The Morgan fingerprint density at radius 1 is 0.941 bits per heavy atom. The molecule has 0 saturated carbocycles. The maximum atomic E-state index is 13.2.